The van der Waals surface area contributed by atoms with E-state index in [1.54, 1.807) is 19.2 Å². The van der Waals surface area contributed by atoms with Crippen LogP contribution in [0.4, 0.5) is 5.69 Å². The van der Waals surface area contributed by atoms with E-state index in [0.717, 1.165) is 29.8 Å². The maximum Gasteiger partial charge on any atom is 0.193 e. The number of hydrogen-bond donors (Lipinski definition) is 2. The molecule has 0 radical (unpaired) electrons. The van der Waals surface area contributed by atoms with Gasteiger partial charge < -0.3 is 20.5 Å². The Morgan fingerprint density at radius 2 is 1.96 bits per heavy atom. The van der Waals surface area contributed by atoms with E-state index >= 15 is 0 Å². The van der Waals surface area contributed by atoms with Crippen LogP contribution in [-0.2, 0) is 17.9 Å². The molecule has 0 amide bonds. The third-order valence-corrected chi connectivity index (χ3v) is 3.86. The molecular formula is C19H24ClN3O2. The van der Waals surface area contributed by atoms with Crippen molar-refractivity contribution in [2.24, 2.45) is 10.7 Å². The van der Waals surface area contributed by atoms with E-state index in [9.17, 15) is 0 Å². The lowest BCUT2D eigenvalue weighted by Crippen LogP contribution is -2.22. The van der Waals surface area contributed by atoms with Crippen LogP contribution >= 0.6 is 11.6 Å². The Hall–Kier alpha value is -2.24. The molecule has 0 heterocycles. The average molecular weight is 362 g/mol. The summed E-state index contributed by atoms with van der Waals surface area (Å²) in [6.07, 6.45) is 1.00. The van der Waals surface area contributed by atoms with Crippen LogP contribution in [0.15, 0.2) is 47.5 Å². The average Bonchev–Trinajstić information content (AvgIpc) is 2.61. The van der Waals surface area contributed by atoms with Gasteiger partial charge in [0.1, 0.15) is 5.75 Å². The van der Waals surface area contributed by atoms with Crippen molar-refractivity contribution in [2.75, 3.05) is 19.0 Å². The Kier molecular flexibility index (Phi) is 7.57. The molecule has 0 aliphatic rings. The van der Waals surface area contributed by atoms with E-state index in [4.69, 9.17) is 26.8 Å². The van der Waals surface area contributed by atoms with E-state index < -0.39 is 0 Å². The summed E-state index contributed by atoms with van der Waals surface area (Å²) in [5, 5.41) is 3.55. The molecule has 0 spiro atoms. The Balaban J connectivity index is 2.00. The number of hydrogen-bond acceptors (Lipinski definition) is 3. The van der Waals surface area contributed by atoms with Crippen molar-refractivity contribution >= 4 is 23.2 Å². The van der Waals surface area contributed by atoms with Gasteiger partial charge in [0.2, 0.25) is 0 Å². The molecule has 0 atom stereocenters. The Labute approximate surface area is 153 Å². The van der Waals surface area contributed by atoms with Crippen molar-refractivity contribution in [1.29, 1.82) is 0 Å². The SMILES string of the molecule is CCCOCc1ccccc1CN=C(N)Nc1ccc(OC)c(Cl)c1. The normalized spacial score (nSPS) is 11.4. The number of anilines is 1. The summed E-state index contributed by atoms with van der Waals surface area (Å²) in [6.45, 7) is 3.91. The van der Waals surface area contributed by atoms with E-state index in [1.807, 2.05) is 30.3 Å². The highest BCUT2D eigenvalue weighted by molar-refractivity contribution is 6.32. The van der Waals surface area contributed by atoms with Crippen molar-refractivity contribution in [1.82, 2.24) is 0 Å². The predicted molar refractivity (Wildman–Crippen MR) is 103 cm³/mol. The van der Waals surface area contributed by atoms with Crippen molar-refractivity contribution in [3.05, 3.63) is 58.6 Å². The lowest BCUT2D eigenvalue weighted by atomic mass is 10.1. The van der Waals surface area contributed by atoms with Crippen LogP contribution < -0.4 is 15.8 Å². The highest BCUT2D eigenvalue weighted by Crippen LogP contribution is 2.27. The quantitative estimate of drug-likeness (QED) is 0.420. The molecule has 2 aromatic carbocycles. The zero-order valence-corrected chi connectivity index (χ0v) is 15.3. The molecule has 134 valence electrons. The number of nitrogens with one attached hydrogen (secondary N) is 1. The lowest BCUT2D eigenvalue weighted by molar-refractivity contribution is 0.121. The van der Waals surface area contributed by atoms with Gasteiger partial charge in [0.05, 0.1) is 25.3 Å². The second-order valence-electron chi connectivity index (χ2n) is 5.50. The van der Waals surface area contributed by atoms with Crippen LogP contribution in [0.2, 0.25) is 5.02 Å². The molecule has 0 aromatic heterocycles. The molecule has 0 aliphatic carbocycles. The van der Waals surface area contributed by atoms with Gasteiger partial charge >= 0.3 is 0 Å². The first-order valence-electron chi connectivity index (χ1n) is 8.19. The maximum absolute atomic E-state index is 6.11. The molecule has 3 N–H and O–H groups in total. The number of benzene rings is 2. The smallest absolute Gasteiger partial charge is 0.193 e. The molecule has 0 fully saturated rings. The Morgan fingerprint density at radius 1 is 1.20 bits per heavy atom. The number of nitrogens with two attached hydrogens (primary N) is 1. The summed E-state index contributed by atoms with van der Waals surface area (Å²) in [5.74, 6) is 0.939. The zero-order valence-electron chi connectivity index (χ0n) is 14.6. The summed E-state index contributed by atoms with van der Waals surface area (Å²) in [5.41, 5.74) is 8.95. The van der Waals surface area contributed by atoms with Crippen LogP contribution in [-0.4, -0.2) is 19.7 Å². The van der Waals surface area contributed by atoms with E-state index in [0.29, 0.717) is 29.9 Å². The number of rotatable bonds is 8. The van der Waals surface area contributed by atoms with Gasteiger partial charge in [-0.15, -0.1) is 0 Å². The van der Waals surface area contributed by atoms with Gasteiger partial charge in [-0.25, -0.2) is 4.99 Å². The second-order valence-corrected chi connectivity index (χ2v) is 5.90. The first kappa shape index (κ1) is 19.1. The van der Waals surface area contributed by atoms with Crippen molar-refractivity contribution in [2.45, 2.75) is 26.5 Å². The van der Waals surface area contributed by atoms with Crippen LogP contribution in [0.25, 0.3) is 0 Å². The van der Waals surface area contributed by atoms with Crippen molar-refractivity contribution in [3.8, 4) is 5.75 Å². The molecule has 0 unspecified atom stereocenters. The number of guanidine groups is 1. The number of methoxy groups -OCH3 is 1. The van der Waals surface area contributed by atoms with Gasteiger partial charge in [-0.05, 0) is 35.7 Å². The molecule has 6 heteroatoms. The third kappa shape index (κ3) is 5.96. The monoisotopic (exact) mass is 361 g/mol. The second kappa shape index (κ2) is 9.91. The van der Waals surface area contributed by atoms with Gasteiger partial charge in [-0.2, -0.15) is 0 Å². The molecular weight excluding hydrogens is 338 g/mol. The van der Waals surface area contributed by atoms with E-state index in [2.05, 4.69) is 17.2 Å². The molecule has 0 aliphatic heterocycles. The van der Waals surface area contributed by atoms with Gasteiger partial charge in [-0.3, -0.25) is 0 Å². The summed E-state index contributed by atoms with van der Waals surface area (Å²) in [4.78, 5) is 4.40. The van der Waals surface area contributed by atoms with Gasteiger partial charge in [0, 0.05) is 12.3 Å². The first-order chi connectivity index (χ1) is 12.1. The van der Waals surface area contributed by atoms with Gasteiger partial charge in [-0.1, -0.05) is 42.8 Å². The largest absolute Gasteiger partial charge is 0.495 e. The minimum Gasteiger partial charge on any atom is -0.495 e. The number of aliphatic imine (C=N–C) groups is 1. The Bertz CT molecular complexity index is 720. The molecule has 2 aromatic rings. The topological polar surface area (TPSA) is 68.9 Å². The van der Waals surface area contributed by atoms with Gasteiger partial charge in [0.15, 0.2) is 5.96 Å². The summed E-state index contributed by atoms with van der Waals surface area (Å²) >= 11 is 6.11. The summed E-state index contributed by atoms with van der Waals surface area (Å²) < 4.78 is 10.8. The minimum atomic E-state index is 0.325. The fraction of sp³-hybridized carbons (Fsp3) is 0.316. The molecule has 0 saturated heterocycles. The minimum absolute atomic E-state index is 0.325. The fourth-order valence-electron chi connectivity index (χ4n) is 2.28. The third-order valence-electron chi connectivity index (χ3n) is 3.57. The highest BCUT2D eigenvalue weighted by atomic mass is 35.5. The highest BCUT2D eigenvalue weighted by Gasteiger charge is 2.04. The summed E-state index contributed by atoms with van der Waals surface area (Å²) in [7, 11) is 1.58. The zero-order chi connectivity index (χ0) is 18.1. The van der Waals surface area contributed by atoms with Crippen LogP contribution in [0.5, 0.6) is 5.75 Å². The maximum atomic E-state index is 6.11. The van der Waals surface area contributed by atoms with Crippen LogP contribution in [0, 0.1) is 0 Å². The Morgan fingerprint density at radius 3 is 2.64 bits per heavy atom. The van der Waals surface area contributed by atoms with Crippen LogP contribution in [0.3, 0.4) is 0 Å². The molecule has 0 bridgehead atoms. The van der Waals surface area contributed by atoms with Gasteiger partial charge in [0.25, 0.3) is 0 Å². The number of nitrogens with zero attached hydrogens (tertiary/aromatic N) is 1. The predicted octanol–water partition coefficient (Wildman–Crippen LogP) is 4.20. The summed E-state index contributed by atoms with van der Waals surface area (Å²) in [6, 6.07) is 13.4. The van der Waals surface area contributed by atoms with Crippen molar-refractivity contribution in [3.63, 3.8) is 0 Å². The lowest BCUT2D eigenvalue weighted by Gasteiger charge is -2.10. The fourth-order valence-corrected chi connectivity index (χ4v) is 2.54. The van der Waals surface area contributed by atoms with E-state index in [1.165, 1.54) is 0 Å². The van der Waals surface area contributed by atoms with Crippen LogP contribution in [0.1, 0.15) is 24.5 Å². The molecule has 5 nitrogen and oxygen atoms in total. The number of ether oxygens (including phenoxy) is 2. The standard InChI is InChI=1S/C19H24ClN3O2/c1-3-10-25-13-15-7-5-4-6-14(15)12-22-19(21)23-16-8-9-18(24-2)17(20)11-16/h4-9,11H,3,10,12-13H2,1-2H3,(H3,21,22,23). The van der Waals surface area contributed by atoms with Crippen molar-refractivity contribution < 1.29 is 9.47 Å². The first-order valence-corrected chi connectivity index (χ1v) is 8.56. The molecule has 25 heavy (non-hydrogen) atoms. The molecule has 2 rings (SSSR count). The number of halogens is 1. The van der Waals surface area contributed by atoms with E-state index in [-0.39, 0.29) is 0 Å². The molecule has 0 saturated carbocycles.